The van der Waals surface area contributed by atoms with E-state index in [1.807, 2.05) is 6.92 Å². The Morgan fingerprint density at radius 3 is 2.85 bits per heavy atom. The summed E-state index contributed by atoms with van der Waals surface area (Å²) in [6, 6.07) is 3.02. The molecule has 0 radical (unpaired) electrons. The van der Waals surface area contributed by atoms with Crippen LogP contribution in [0.3, 0.4) is 0 Å². The van der Waals surface area contributed by atoms with Crippen molar-refractivity contribution in [1.29, 1.82) is 0 Å². The predicted molar refractivity (Wildman–Crippen MR) is 76.9 cm³/mol. The standard InChI is InChI=1S/C13H20N4O3/c1-2-7-14-12-6-5-10(17(19)20)13(16-12)15-8-11(18)9-3-4-9/h5-6,9,11,18H,2-4,7-8H2,1H3,(H2,14,15,16). The highest BCUT2D eigenvalue weighted by atomic mass is 16.6. The number of hydrogen-bond acceptors (Lipinski definition) is 6. The third-order valence-corrected chi connectivity index (χ3v) is 3.27. The molecule has 1 fully saturated rings. The van der Waals surface area contributed by atoms with Crippen LogP contribution in [0.1, 0.15) is 26.2 Å². The van der Waals surface area contributed by atoms with E-state index in [1.54, 1.807) is 6.07 Å². The highest BCUT2D eigenvalue weighted by Gasteiger charge is 2.30. The molecule has 1 atom stereocenters. The molecule has 0 saturated heterocycles. The zero-order valence-corrected chi connectivity index (χ0v) is 11.5. The van der Waals surface area contributed by atoms with Gasteiger partial charge in [0, 0.05) is 19.2 Å². The lowest BCUT2D eigenvalue weighted by Crippen LogP contribution is -2.22. The van der Waals surface area contributed by atoms with Gasteiger partial charge in [-0.15, -0.1) is 0 Å². The lowest BCUT2D eigenvalue weighted by Gasteiger charge is -2.12. The molecule has 1 aromatic heterocycles. The fourth-order valence-electron chi connectivity index (χ4n) is 1.93. The fraction of sp³-hybridized carbons (Fsp3) is 0.615. The summed E-state index contributed by atoms with van der Waals surface area (Å²) in [4.78, 5) is 14.7. The monoisotopic (exact) mass is 280 g/mol. The molecule has 7 nitrogen and oxygen atoms in total. The first kappa shape index (κ1) is 14.5. The average molecular weight is 280 g/mol. The van der Waals surface area contributed by atoms with Crippen molar-refractivity contribution in [2.45, 2.75) is 32.3 Å². The first-order chi connectivity index (χ1) is 9.61. The van der Waals surface area contributed by atoms with Crippen LogP contribution in [0.25, 0.3) is 0 Å². The molecule has 7 heteroatoms. The summed E-state index contributed by atoms with van der Waals surface area (Å²) >= 11 is 0. The Labute approximate surface area is 117 Å². The van der Waals surface area contributed by atoms with Gasteiger partial charge in [-0.1, -0.05) is 6.92 Å². The number of pyridine rings is 1. The third-order valence-electron chi connectivity index (χ3n) is 3.27. The summed E-state index contributed by atoms with van der Waals surface area (Å²) < 4.78 is 0. The van der Waals surface area contributed by atoms with Crippen LogP contribution in [0.5, 0.6) is 0 Å². The van der Waals surface area contributed by atoms with Crippen LogP contribution in [0.2, 0.25) is 0 Å². The molecule has 0 bridgehead atoms. The molecule has 1 aliphatic carbocycles. The van der Waals surface area contributed by atoms with Gasteiger partial charge in [0.1, 0.15) is 5.82 Å². The van der Waals surface area contributed by atoms with Gasteiger partial charge in [0.05, 0.1) is 11.0 Å². The molecule has 0 aromatic carbocycles. The van der Waals surface area contributed by atoms with Crippen LogP contribution in [0.4, 0.5) is 17.3 Å². The Morgan fingerprint density at radius 2 is 2.25 bits per heavy atom. The third kappa shape index (κ3) is 3.80. The van der Waals surface area contributed by atoms with Crippen LogP contribution in [0, 0.1) is 16.0 Å². The van der Waals surface area contributed by atoms with Crippen molar-refractivity contribution in [3.63, 3.8) is 0 Å². The second-order valence-corrected chi connectivity index (χ2v) is 5.03. The quantitative estimate of drug-likeness (QED) is 0.497. The fourth-order valence-corrected chi connectivity index (χ4v) is 1.93. The van der Waals surface area contributed by atoms with E-state index < -0.39 is 11.0 Å². The van der Waals surface area contributed by atoms with E-state index in [9.17, 15) is 15.2 Å². The molecule has 0 spiro atoms. The van der Waals surface area contributed by atoms with Crippen molar-refractivity contribution in [3.05, 3.63) is 22.2 Å². The lowest BCUT2D eigenvalue weighted by atomic mass is 10.2. The van der Waals surface area contributed by atoms with Gasteiger partial charge in [0.15, 0.2) is 0 Å². The van der Waals surface area contributed by atoms with Crippen LogP contribution in [0.15, 0.2) is 12.1 Å². The number of aromatic nitrogens is 1. The minimum absolute atomic E-state index is 0.0740. The number of aliphatic hydroxyl groups excluding tert-OH is 1. The van der Waals surface area contributed by atoms with Gasteiger partial charge in [-0.2, -0.15) is 0 Å². The van der Waals surface area contributed by atoms with Gasteiger partial charge in [0.2, 0.25) is 5.82 Å². The normalized spacial score (nSPS) is 15.7. The molecular formula is C13H20N4O3. The number of hydrogen-bond donors (Lipinski definition) is 3. The molecule has 2 rings (SSSR count). The number of nitrogens with zero attached hydrogens (tertiary/aromatic N) is 2. The summed E-state index contributed by atoms with van der Waals surface area (Å²) in [6.45, 7) is 3.08. The molecule has 1 aliphatic rings. The number of nitro groups is 1. The van der Waals surface area contributed by atoms with E-state index in [4.69, 9.17) is 0 Å². The Bertz CT molecular complexity index is 477. The van der Waals surface area contributed by atoms with Crippen LogP contribution in [-0.4, -0.2) is 34.2 Å². The van der Waals surface area contributed by atoms with E-state index in [-0.39, 0.29) is 18.1 Å². The van der Waals surface area contributed by atoms with E-state index >= 15 is 0 Å². The van der Waals surface area contributed by atoms with Gasteiger partial charge >= 0.3 is 5.69 Å². The molecule has 3 N–H and O–H groups in total. The number of anilines is 2. The van der Waals surface area contributed by atoms with Gasteiger partial charge in [-0.05, 0) is 31.2 Å². The largest absolute Gasteiger partial charge is 0.391 e. The Morgan fingerprint density at radius 1 is 1.50 bits per heavy atom. The topological polar surface area (TPSA) is 100 Å². The van der Waals surface area contributed by atoms with E-state index in [2.05, 4.69) is 15.6 Å². The Kier molecular flexibility index (Phi) is 4.73. The predicted octanol–water partition coefficient (Wildman–Crippen LogP) is 1.99. The Hall–Kier alpha value is -1.89. The van der Waals surface area contributed by atoms with Crippen LogP contribution in [-0.2, 0) is 0 Å². The van der Waals surface area contributed by atoms with Crippen molar-refractivity contribution < 1.29 is 10.0 Å². The summed E-state index contributed by atoms with van der Waals surface area (Å²) in [7, 11) is 0. The lowest BCUT2D eigenvalue weighted by molar-refractivity contribution is -0.384. The van der Waals surface area contributed by atoms with Crippen molar-refractivity contribution >= 4 is 17.3 Å². The molecule has 1 heterocycles. The van der Waals surface area contributed by atoms with Crippen molar-refractivity contribution in [3.8, 4) is 0 Å². The summed E-state index contributed by atoms with van der Waals surface area (Å²) in [5.41, 5.74) is -0.0740. The second-order valence-electron chi connectivity index (χ2n) is 5.03. The van der Waals surface area contributed by atoms with Crippen molar-refractivity contribution in [1.82, 2.24) is 4.98 Å². The van der Waals surface area contributed by atoms with E-state index in [1.165, 1.54) is 6.07 Å². The van der Waals surface area contributed by atoms with Gasteiger partial charge in [-0.3, -0.25) is 10.1 Å². The van der Waals surface area contributed by atoms with Crippen LogP contribution >= 0.6 is 0 Å². The SMILES string of the molecule is CCCNc1ccc([N+](=O)[O-])c(NCC(O)C2CC2)n1. The average Bonchev–Trinajstić information content (AvgIpc) is 3.26. The highest BCUT2D eigenvalue weighted by Crippen LogP contribution is 2.33. The van der Waals surface area contributed by atoms with Crippen molar-refractivity contribution in [2.24, 2.45) is 5.92 Å². The maximum Gasteiger partial charge on any atom is 0.311 e. The summed E-state index contributed by atoms with van der Waals surface area (Å²) in [6.07, 6.45) is 2.53. The van der Waals surface area contributed by atoms with Crippen molar-refractivity contribution in [2.75, 3.05) is 23.7 Å². The zero-order valence-electron chi connectivity index (χ0n) is 11.5. The molecule has 1 aromatic rings. The minimum atomic E-state index is -0.470. The summed E-state index contributed by atoms with van der Waals surface area (Å²) in [5.74, 6) is 1.12. The molecule has 0 amide bonds. The number of nitrogens with one attached hydrogen (secondary N) is 2. The smallest absolute Gasteiger partial charge is 0.311 e. The molecule has 0 aliphatic heterocycles. The van der Waals surface area contributed by atoms with E-state index in [0.29, 0.717) is 11.7 Å². The maximum absolute atomic E-state index is 11.0. The first-order valence-electron chi connectivity index (χ1n) is 6.93. The zero-order chi connectivity index (χ0) is 14.5. The number of rotatable bonds is 8. The van der Waals surface area contributed by atoms with E-state index in [0.717, 1.165) is 25.8 Å². The minimum Gasteiger partial charge on any atom is -0.391 e. The molecule has 1 unspecified atom stereocenters. The Balaban J connectivity index is 2.06. The van der Waals surface area contributed by atoms with Gasteiger partial charge in [0.25, 0.3) is 0 Å². The second kappa shape index (κ2) is 6.51. The first-order valence-corrected chi connectivity index (χ1v) is 6.93. The molecular weight excluding hydrogens is 260 g/mol. The van der Waals surface area contributed by atoms with Gasteiger partial charge in [-0.25, -0.2) is 4.98 Å². The maximum atomic E-state index is 11.0. The molecule has 110 valence electrons. The highest BCUT2D eigenvalue weighted by molar-refractivity contribution is 5.60. The number of aliphatic hydroxyl groups is 1. The summed E-state index contributed by atoms with van der Waals surface area (Å²) in [5, 5.41) is 26.8. The molecule has 20 heavy (non-hydrogen) atoms. The van der Waals surface area contributed by atoms with Gasteiger partial charge < -0.3 is 15.7 Å². The molecule has 1 saturated carbocycles. The van der Waals surface area contributed by atoms with Crippen LogP contribution < -0.4 is 10.6 Å².